The van der Waals surface area contributed by atoms with E-state index in [1.54, 1.807) is 11.0 Å². The number of likely N-dealkylation sites (tertiary alicyclic amines) is 1. The molecule has 0 aliphatic carbocycles. The third-order valence-electron chi connectivity index (χ3n) is 3.41. The van der Waals surface area contributed by atoms with Crippen LogP contribution in [0.2, 0.25) is 10.2 Å². The Morgan fingerprint density at radius 3 is 2.89 bits per heavy atom. The molecule has 1 unspecified atom stereocenters. The maximum atomic E-state index is 12.2. The van der Waals surface area contributed by atoms with Crippen molar-refractivity contribution in [3.63, 3.8) is 0 Å². The fraction of sp³-hybridized carbons (Fsp3) is 0.538. The number of hydrogen-bond donors (Lipinski definition) is 0. The topological polar surface area (TPSA) is 36.4 Å². The van der Waals surface area contributed by atoms with E-state index < -0.39 is 0 Å². The maximum Gasteiger partial charge on any atom is 0.255 e. The van der Waals surface area contributed by atoms with Gasteiger partial charge < -0.3 is 9.80 Å². The number of halogens is 2. The van der Waals surface area contributed by atoms with Crippen molar-refractivity contribution >= 4 is 29.1 Å². The van der Waals surface area contributed by atoms with Gasteiger partial charge in [-0.1, -0.05) is 23.2 Å². The Bertz CT molecular complexity index is 481. The van der Waals surface area contributed by atoms with Crippen molar-refractivity contribution in [1.29, 1.82) is 0 Å². The lowest BCUT2D eigenvalue weighted by molar-refractivity contribution is 0.0773. The molecule has 4 nitrogen and oxygen atoms in total. The first kappa shape index (κ1) is 14.6. The number of carbonyl (C=O) groups is 1. The van der Waals surface area contributed by atoms with E-state index in [9.17, 15) is 4.79 Å². The van der Waals surface area contributed by atoms with Gasteiger partial charge in [-0.2, -0.15) is 0 Å². The van der Waals surface area contributed by atoms with Crippen LogP contribution >= 0.6 is 23.2 Å². The Morgan fingerprint density at radius 1 is 1.58 bits per heavy atom. The first-order chi connectivity index (χ1) is 8.97. The monoisotopic (exact) mass is 301 g/mol. The van der Waals surface area contributed by atoms with Gasteiger partial charge in [-0.25, -0.2) is 4.98 Å². The molecule has 0 N–H and O–H groups in total. The second kappa shape index (κ2) is 6.07. The Labute approximate surface area is 123 Å². The molecule has 1 atom stereocenters. The Kier molecular flexibility index (Phi) is 4.66. The van der Waals surface area contributed by atoms with Gasteiger partial charge >= 0.3 is 0 Å². The molecule has 1 fully saturated rings. The van der Waals surface area contributed by atoms with Crippen LogP contribution in [0.5, 0.6) is 0 Å². The van der Waals surface area contributed by atoms with E-state index in [4.69, 9.17) is 23.2 Å². The molecule has 0 bridgehead atoms. The highest BCUT2D eigenvalue weighted by atomic mass is 35.5. The molecule has 2 heterocycles. The van der Waals surface area contributed by atoms with E-state index in [1.165, 1.54) is 6.20 Å². The largest absolute Gasteiger partial charge is 0.341 e. The van der Waals surface area contributed by atoms with E-state index in [-0.39, 0.29) is 11.1 Å². The Morgan fingerprint density at radius 2 is 2.32 bits per heavy atom. The lowest BCUT2D eigenvalue weighted by atomic mass is 10.1. The van der Waals surface area contributed by atoms with E-state index in [1.807, 2.05) is 7.05 Å². The first-order valence-corrected chi connectivity index (χ1v) is 6.98. The molecule has 6 heteroatoms. The molecule has 1 aromatic heterocycles. The summed E-state index contributed by atoms with van der Waals surface area (Å²) >= 11 is 11.6. The predicted molar refractivity (Wildman–Crippen MR) is 76.8 cm³/mol. The van der Waals surface area contributed by atoms with Gasteiger partial charge in [0, 0.05) is 26.3 Å². The summed E-state index contributed by atoms with van der Waals surface area (Å²) in [6.07, 6.45) is 2.60. The summed E-state index contributed by atoms with van der Waals surface area (Å²) in [4.78, 5) is 20.2. The quantitative estimate of drug-likeness (QED) is 0.805. The van der Waals surface area contributed by atoms with E-state index in [0.717, 1.165) is 26.1 Å². The number of aromatic nitrogens is 1. The molecule has 2 rings (SSSR count). The Balaban J connectivity index is 2.00. The highest BCUT2D eigenvalue weighted by molar-refractivity contribution is 6.41. The fourth-order valence-corrected chi connectivity index (χ4v) is 2.67. The van der Waals surface area contributed by atoms with Crippen LogP contribution in [0.3, 0.4) is 0 Å². The molecule has 1 saturated heterocycles. The van der Waals surface area contributed by atoms with Crippen molar-refractivity contribution in [3.8, 4) is 0 Å². The van der Waals surface area contributed by atoms with Gasteiger partial charge in [-0.3, -0.25) is 4.79 Å². The molecule has 1 aromatic rings. The lowest BCUT2D eigenvalue weighted by Crippen LogP contribution is -2.32. The van der Waals surface area contributed by atoms with Crippen LogP contribution in [0.25, 0.3) is 0 Å². The molecule has 0 saturated carbocycles. The minimum atomic E-state index is -0.0689. The standard InChI is InChI=1S/C13H17Cl2N3O/c1-17-4-3-9(7-17)8-18(2)13(19)10-5-11(14)12(15)16-6-10/h5-6,9H,3-4,7-8H2,1-2H3. The normalized spacial score (nSPS) is 19.7. The minimum Gasteiger partial charge on any atom is -0.341 e. The van der Waals surface area contributed by atoms with E-state index in [0.29, 0.717) is 16.5 Å². The van der Waals surface area contributed by atoms with Crippen LogP contribution in [-0.2, 0) is 0 Å². The van der Waals surface area contributed by atoms with Gasteiger partial charge in [0.1, 0.15) is 5.15 Å². The van der Waals surface area contributed by atoms with Crippen molar-refractivity contribution in [3.05, 3.63) is 28.0 Å². The van der Waals surface area contributed by atoms with Crippen molar-refractivity contribution in [2.75, 3.05) is 33.7 Å². The van der Waals surface area contributed by atoms with Gasteiger partial charge in [0.05, 0.1) is 10.6 Å². The van der Waals surface area contributed by atoms with Crippen molar-refractivity contribution in [2.24, 2.45) is 5.92 Å². The number of nitrogens with zero attached hydrogens (tertiary/aromatic N) is 3. The molecule has 19 heavy (non-hydrogen) atoms. The second-order valence-electron chi connectivity index (χ2n) is 5.10. The average Bonchev–Trinajstić information content (AvgIpc) is 2.77. The van der Waals surface area contributed by atoms with Gasteiger partial charge in [0.15, 0.2) is 0 Å². The fourth-order valence-electron chi connectivity index (χ4n) is 2.40. The summed E-state index contributed by atoms with van der Waals surface area (Å²) in [6.45, 7) is 2.89. The minimum absolute atomic E-state index is 0.0689. The molecule has 0 aromatic carbocycles. The summed E-state index contributed by atoms with van der Waals surface area (Å²) < 4.78 is 0. The molecule has 0 radical (unpaired) electrons. The van der Waals surface area contributed by atoms with Gasteiger partial charge in [-0.15, -0.1) is 0 Å². The third-order valence-corrected chi connectivity index (χ3v) is 4.10. The van der Waals surface area contributed by atoms with Crippen LogP contribution in [0.15, 0.2) is 12.3 Å². The van der Waals surface area contributed by atoms with Crippen LogP contribution in [0, 0.1) is 5.92 Å². The second-order valence-corrected chi connectivity index (χ2v) is 5.86. The molecule has 1 aliphatic heterocycles. The highest BCUT2D eigenvalue weighted by Gasteiger charge is 2.23. The maximum absolute atomic E-state index is 12.2. The van der Waals surface area contributed by atoms with Crippen molar-refractivity contribution < 1.29 is 4.79 Å². The molecule has 1 amide bonds. The number of pyridine rings is 1. The zero-order chi connectivity index (χ0) is 14.0. The number of carbonyl (C=O) groups excluding carboxylic acids is 1. The zero-order valence-corrected chi connectivity index (χ0v) is 12.6. The molecule has 0 spiro atoms. The summed E-state index contributed by atoms with van der Waals surface area (Å²) in [5, 5.41) is 0.528. The van der Waals surface area contributed by atoms with Gasteiger partial charge in [-0.05, 0) is 32.0 Å². The predicted octanol–water partition coefficient (Wildman–Crippen LogP) is 2.41. The summed E-state index contributed by atoms with van der Waals surface area (Å²) in [6, 6.07) is 1.57. The summed E-state index contributed by atoms with van der Waals surface area (Å²) in [5.74, 6) is 0.468. The third kappa shape index (κ3) is 3.59. The molecular formula is C13H17Cl2N3O. The SMILES string of the molecule is CN1CCC(CN(C)C(=O)c2cnc(Cl)c(Cl)c2)C1. The molecule has 1 aliphatic rings. The van der Waals surface area contributed by atoms with Crippen LogP contribution < -0.4 is 0 Å². The van der Waals surface area contributed by atoms with Crippen LogP contribution in [0.4, 0.5) is 0 Å². The zero-order valence-electron chi connectivity index (χ0n) is 11.1. The molecule has 104 valence electrons. The van der Waals surface area contributed by atoms with Crippen LogP contribution in [-0.4, -0.2) is 54.4 Å². The number of amides is 1. The van der Waals surface area contributed by atoms with Gasteiger partial charge in [0.25, 0.3) is 5.91 Å². The summed E-state index contributed by atoms with van der Waals surface area (Å²) in [7, 11) is 3.91. The molecular weight excluding hydrogens is 285 g/mol. The number of rotatable bonds is 3. The van der Waals surface area contributed by atoms with E-state index in [2.05, 4.69) is 16.9 Å². The van der Waals surface area contributed by atoms with E-state index >= 15 is 0 Å². The van der Waals surface area contributed by atoms with Crippen LogP contribution in [0.1, 0.15) is 16.8 Å². The number of hydrogen-bond acceptors (Lipinski definition) is 3. The Hall–Kier alpha value is -0.840. The smallest absolute Gasteiger partial charge is 0.255 e. The van der Waals surface area contributed by atoms with Gasteiger partial charge in [0.2, 0.25) is 0 Å². The summed E-state index contributed by atoms with van der Waals surface area (Å²) in [5.41, 5.74) is 0.475. The first-order valence-electron chi connectivity index (χ1n) is 6.22. The van der Waals surface area contributed by atoms with Crippen molar-refractivity contribution in [2.45, 2.75) is 6.42 Å². The van der Waals surface area contributed by atoms with Crippen molar-refractivity contribution in [1.82, 2.24) is 14.8 Å². The lowest BCUT2D eigenvalue weighted by Gasteiger charge is -2.21. The highest BCUT2D eigenvalue weighted by Crippen LogP contribution is 2.21. The average molecular weight is 302 g/mol.